The van der Waals surface area contributed by atoms with Gasteiger partial charge in [0.25, 0.3) is 0 Å². The van der Waals surface area contributed by atoms with Crippen molar-refractivity contribution in [1.82, 2.24) is 0 Å². The molecule has 0 fully saturated rings. The highest BCUT2D eigenvalue weighted by atomic mass is 35.5. The van der Waals surface area contributed by atoms with Crippen molar-refractivity contribution < 1.29 is 4.42 Å². The fourth-order valence-electron chi connectivity index (χ4n) is 1.91. The lowest BCUT2D eigenvalue weighted by atomic mass is 10.1. The number of halogens is 1. The molecule has 1 N–H and O–H groups in total. The minimum absolute atomic E-state index is 0. The van der Waals surface area contributed by atoms with Gasteiger partial charge in [-0.2, -0.15) is 0 Å². The van der Waals surface area contributed by atoms with E-state index in [2.05, 4.69) is 43.1 Å². The first kappa shape index (κ1) is 15.4. The first-order valence-electron chi connectivity index (χ1n) is 6.16. The van der Waals surface area contributed by atoms with Gasteiger partial charge in [0, 0.05) is 5.69 Å². The van der Waals surface area contributed by atoms with E-state index in [1.807, 2.05) is 19.1 Å². The molecule has 1 heterocycles. The number of aryl methyl sites for hydroxylation is 1. The first-order chi connectivity index (χ1) is 8.65. The average molecular weight is 278 g/mol. The van der Waals surface area contributed by atoms with Gasteiger partial charge in [-0.1, -0.05) is 23.3 Å². The Bertz CT molecular complexity index is 502. The van der Waals surface area contributed by atoms with Crippen molar-refractivity contribution in [2.45, 2.75) is 26.3 Å². The first-order valence-corrected chi connectivity index (χ1v) is 6.16. The molecule has 0 spiro atoms. The van der Waals surface area contributed by atoms with Crippen LogP contribution in [0.1, 0.15) is 30.7 Å². The third kappa shape index (κ3) is 4.49. The zero-order valence-corrected chi connectivity index (χ0v) is 12.2. The average Bonchev–Trinajstić information content (AvgIpc) is 2.84. The summed E-state index contributed by atoms with van der Waals surface area (Å²) < 4.78 is 5.49. The molecule has 0 radical (unpaired) electrons. The Labute approximate surface area is 120 Å². The van der Waals surface area contributed by atoms with Crippen LogP contribution in [0.25, 0.3) is 0 Å². The van der Waals surface area contributed by atoms with Crippen molar-refractivity contribution in [3.8, 4) is 0 Å². The third-order valence-corrected chi connectivity index (χ3v) is 2.83. The second-order valence-corrected chi connectivity index (χ2v) is 4.74. The van der Waals surface area contributed by atoms with Crippen molar-refractivity contribution in [2.24, 2.45) is 0 Å². The van der Waals surface area contributed by atoms with E-state index in [-0.39, 0.29) is 18.4 Å². The topological polar surface area (TPSA) is 25.2 Å². The molecule has 102 valence electrons. The van der Waals surface area contributed by atoms with Gasteiger partial charge < -0.3 is 9.73 Å². The highest BCUT2D eigenvalue weighted by Crippen LogP contribution is 2.25. The Morgan fingerprint density at radius 3 is 2.47 bits per heavy atom. The van der Waals surface area contributed by atoms with Crippen LogP contribution in [0.4, 0.5) is 5.69 Å². The molecule has 0 aliphatic heterocycles. The summed E-state index contributed by atoms with van der Waals surface area (Å²) in [4.78, 5) is 0. The molecule has 0 saturated heterocycles. The number of rotatable bonds is 5. The SMILES string of the molecule is C=C(C)CC(Nc1ccc(C)cc1)c1ccco1.Cl. The van der Waals surface area contributed by atoms with Crippen LogP contribution in [0, 0.1) is 6.92 Å². The smallest absolute Gasteiger partial charge is 0.126 e. The summed E-state index contributed by atoms with van der Waals surface area (Å²) >= 11 is 0. The number of hydrogen-bond donors (Lipinski definition) is 1. The molecule has 0 amide bonds. The van der Waals surface area contributed by atoms with Gasteiger partial charge in [0.05, 0.1) is 12.3 Å². The van der Waals surface area contributed by atoms with Gasteiger partial charge in [-0.15, -0.1) is 19.0 Å². The summed E-state index contributed by atoms with van der Waals surface area (Å²) in [6.07, 6.45) is 2.57. The van der Waals surface area contributed by atoms with Gasteiger partial charge in [-0.05, 0) is 44.5 Å². The van der Waals surface area contributed by atoms with E-state index >= 15 is 0 Å². The summed E-state index contributed by atoms with van der Waals surface area (Å²) in [6, 6.07) is 12.4. The fourth-order valence-corrected chi connectivity index (χ4v) is 1.91. The molecule has 1 aromatic carbocycles. The molecule has 0 aliphatic carbocycles. The van der Waals surface area contributed by atoms with Crippen molar-refractivity contribution in [1.29, 1.82) is 0 Å². The minimum atomic E-state index is 0. The molecule has 1 unspecified atom stereocenters. The zero-order valence-electron chi connectivity index (χ0n) is 11.3. The second-order valence-electron chi connectivity index (χ2n) is 4.74. The van der Waals surface area contributed by atoms with E-state index in [1.54, 1.807) is 6.26 Å². The van der Waals surface area contributed by atoms with E-state index < -0.39 is 0 Å². The van der Waals surface area contributed by atoms with Gasteiger partial charge in [0.1, 0.15) is 5.76 Å². The van der Waals surface area contributed by atoms with Crippen LogP contribution in [-0.4, -0.2) is 0 Å². The van der Waals surface area contributed by atoms with Crippen LogP contribution >= 0.6 is 12.4 Å². The minimum Gasteiger partial charge on any atom is -0.467 e. The van der Waals surface area contributed by atoms with E-state index in [9.17, 15) is 0 Å². The monoisotopic (exact) mass is 277 g/mol. The zero-order chi connectivity index (χ0) is 13.0. The highest BCUT2D eigenvalue weighted by Gasteiger charge is 2.14. The van der Waals surface area contributed by atoms with Gasteiger partial charge in [-0.3, -0.25) is 0 Å². The van der Waals surface area contributed by atoms with Gasteiger partial charge in [0.15, 0.2) is 0 Å². The number of nitrogens with one attached hydrogen (secondary N) is 1. The summed E-state index contributed by atoms with van der Waals surface area (Å²) in [5.74, 6) is 0.943. The normalized spacial score (nSPS) is 11.5. The molecule has 19 heavy (non-hydrogen) atoms. The van der Waals surface area contributed by atoms with Crippen LogP contribution in [0.2, 0.25) is 0 Å². The Morgan fingerprint density at radius 1 is 1.26 bits per heavy atom. The molecule has 2 nitrogen and oxygen atoms in total. The van der Waals surface area contributed by atoms with Crippen molar-refractivity contribution in [3.63, 3.8) is 0 Å². The molecule has 0 aliphatic rings. The maximum Gasteiger partial charge on any atom is 0.126 e. The van der Waals surface area contributed by atoms with Crippen molar-refractivity contribution in [2.75, 3.05) is 5.32 Å². The lowest BCUT2D eigenvalue weighted by Crippen LogP contribution is -2.10. The van der Waals surface area contributed by atoms with Crippen LogP contribution in [-0.2, 0) is 0 Å². The van der Waals surface area contributed by atoms with Crippen LogP contribution in [0.15, 0.2) is 59.2 Å². The van der Waals surface area contributed by atoms with Crippen molar-refractivity contribution in [3.05, 3.63) is 66.1 Å². The summed E-state index contributed by atoms with van der Waals surface area (Å²) in [7, 11) is 0. The van der Waals surface area contributed by atoms with Crippen LogP contribution < -0.4 is 5.32 Å². The Kier molecular flexibility index (Phi) is 5.71. The maximum atomic E-state index is 5.49. The van der Waals surface area contributed by atoms with E-state index in [4.69, 9.17) is 4.42 Å². The third-order valence-electron chi connectivity index (χ3n) is 2.83. The number of benzene rings is 1. The van der Waals surface area contributed by atoms with E-state index in [0.29, 0.717) is 0 Å². The van der Waals surface area contributed by atoms with Gasteiger partial charge >= 0.3 is 0 Å². The van der Waals surface area contributed by atoms with Gasteiger partial charge in [-0.25, -0.2) is 0 Å². The molecular weight excluding hydrogens is 258 g/mol. The predicted molar refractivity (Wildman–Crippen MR) is 82.9 cm³/mol. The van der Waals surface area contributed by atoms with E-state index in [0.717, 1.165) is 23.4 Å². The lowest BCUT2D eigenvalue weighted by Gasteiger charge is -2.18. The molecule has 2 rings (SSSR count). The molecule has 2 aromatic rings. The van der Waals surface area contributed by atoms with E-state index in [1.165, 1.54) is 5.56 Å². The Hall–Kier alpha value is -1.67. The summed E-state index contributed by atoms with van der Waals surface area (Å²) in [6.45, 7) is 8.10. The molecule has 1 aromatic heterocycles. The molecule has 1 atom stereocenters. The predicted octanol–water partition coefficient (Wildman–Crippen LogP) is 5.13. The largest absolute Gasteiger partial charge is 0.467 e. The number of hydrogen-bond acceptors (Lipinski definition) is 2. The quantitative estimate of drug-likeness (QED) is 0.767. The fraction of sp³-hybridized carbons (Fsp3) is 0.250. The molecular formula is C16H20ClNO. The number of anilines is 1. The maximum absolute atomic E-state index is 5.49. The second kappa shape index (κ2) is 7.05. The molecule has 0 saturated carbocycles. The molecule has 0 bridgehead atoms. The van der Waals surface area contributed by atoms with Crippen LogP contribution in [0.3, 0.4) is 0 Å². The standard InChI is InChI=1S/C16H19NO.ClH/c1-12(2)11-15(16-5-4-10-18-16)17-14-8-6-13(3)7-9-14;/h4-10,15,17H,1,11H2,2-3H3;1H. The van der Waals surface area contributed by atoms with Gasteiger partial charge in [0.2, 0.25) is 0 Å². The Morgan fingerprint density at radius 2 is 1.95 bits per heavy atom. The summed E-state index contributed by atoms with van der Waals surface area (Å²) in [5, 5.41) is 3.49. The summed E-state index contributed by atoms with van der Waals surface area (Å²) in [5.41, 5.74) is 3.49. The van der Waals surface area contributed by atoms with Crippen LogP contribution in [0.5, 0.6) is 0 Å². The number of furan rings is 1. The van der Waals surface area contributed by atoms with Crippen molar-refractivity contribution >= 4 is 18.1 Å². The highest BCUT2D eigenvalue weighted by molar-refractivity contribution is 5.85. The Balaban J connectivity index is 0.00000180. The lowest BCUT2D eigenvalue weighted by molar-refractivity contribution is 0.477. The molecule has 3 heteroatoms.